The van der Waals surface area contributed by atoms with E-state index in [0.717, 1.165) is 56.2 Å². The first-order valence-electron chi connectivity index (χ1n) is 6.31. The molecular formula is C12H18N4O. The molecule has 0 unspecified atom stereocenters. The lowest BCUT2D eigenvalue weighted by Gasteiger charge is -2.24. The zero-order valence-electron chi connectivity index (χ0n) is 9.91. The minimum absolute atomic E-state index is 0.508. The van der Waals surface area contributed by atoms with Crippen molar-refractivity contribution < 1.29 is 4.74 Å². The second kappa shape index (κ2) is 4.98. The van der Waals surface area contributed by atoms with Crippen LogP contribution in [-0.2, 0) is 17.8 Å². The van der Waals surface area contributed by atoms with Crippen molar-refractivity contribution in [1.29, 1.82) is 0 Å². The second-order valence-corrected chi connectivity index (χ2v) is 4.64. The first-order valence-corrected chi connectivity index (χ1v) is 6.31. The Morgan fingerprint density at radius 2 is 2.24 bits per heavy atom. The molecular weight excluding hydrogens is 216 g/mol. The average molecular weight is 234 g/mol. The van der Waals surface area contributed by atoms with Crippen LogP contribution in [-0.4, -0.2) is 35.7 Å². The summed E-state index contributed by atoms with van der Waals surface area (Å²) in [6.07, 6.45) is 5.08. The van der Waals surface area contributed by atoms with Crippen LogP contribution in [0.5, 0.6) is 0 Å². The highest BCUT2D eigenvalue weighted by molar-refractivity contribution is 5.31. The zero-order valence-corrected chi connectivity index (χ0v) is 9.91. The fourth-order valence-corrected chi connectivity index (χ4v) is 2.35. The highest BCUT2D eigenvalue weighted by Gasteiger charge is 2.16. The number of aromatic nitrogens is 2. The lowest BCUT2D eigenvalue weighted by molar-refractivity contribution is 0.109. The Labute approximate surface area is 101 Å². The molecule has 92 valence electrons. The van der Waals surface area contributed by atoms with E-state index in [4.69, 9.17) is 4.74 Å². The van der Waals surface area contributed by atoms with Gasteiger partial charge in [0, 0.05) is 24.2 Å². The topological polar surface area (TPSA) is 59.1 Å². The Morgan fingerprint density at radius 3 is 3.12 bits per heavy atom. The van der Waals surface area contributed by atoms with E-state index in [1.165, 1.54) is 0 Å². The molecule has 2 aliphatic heterocycles. The number of ether oxygens (including phenoxy) is 1. The van der Waals surface area contributed by atoms with Gasteiger partial charge in [0.15, 0.2) is 0 Å². The predicted octanol–water partition coefficient (Wildman–Crippen LogP) is 0.713. The van der Waals surface area contributed by atoms with E-state index >= 15 is 0 Å². The average Bonchev–Trinajstić information content (AvgIpc) is 2.40. The van der Waals surface area contributed by atoms with E-state index in [2.05, 4.69) is 20.6 Å². The SMILES string of the molecule is c1nc(NC2CCNCC2)nc2c1COCC2. The van der Waals surface area contributed by atoms with E-state index in [1.54, 1.807) is 0 Å². The molecule has 2 N–H and O–H groups in total. The largest absolute Gasteiger partial charge is 0.376 e. The van der Waals surface area contributed by atoms with Gasteiger partial charge in [-0.3, -0.25) is 0 Å². The Hall–Kier alpha value is -1.20. The van der Waals surface area contributed by atoms with Crippen LogP contribution >= 0.6 is 0 Å². The summed E-state index contributed by atoms with van der Waals surface area (Å²) in [7, 11) is 0. The molecule has 5 heteroatoms. The maximum Gasteiger partial charge on any atom is 0.223 e. The summed E-state index contributed by atoms with van der Waals surface area (Å²) in [6, 6.07) is 0.508. The fraction of sp³-hybridized carbons (Fsp3) is 0.667. The molecule has 1 saturated heterocycles. The van der Waals surface area contributed by atoms with E-state index in [1.807, 2.05) is 6.20 Å². The van der Waals surface area contributed by atoms with Gasteiger partial charge in [0.1, 0.15) is 0 Å². The van der Waals surface area contributed by atoms with Crippen molar-refractivity contribution in [2.24, 2.45) is 0 Å². The number of rotatable bonds is 2. The summed E-state index contributed by atoms with van der Waals surface area (Å²) in [5.74, 6) is 0.776. The van der Waals surface area contributed by atoms with Crippen LogP contribution in [0.2, 0.25) is 0 Å². The van der Waals surface area contributed by atoms with Crippen molar-refractivity contribution in [3.63, 3.8) is 0 Å². The van der Waals surface area contributed by atoms with Gasteiger partial charge in [-0.05, 0) is 25.9 Å². The normalized spacial score (nSPS) is 20.9. The number of hydrogen-bond acceptors (Lipinski definition) is 5. The van der Waals surface area contributed by atoms with Gasteiger partial charge in [-0.25, -0.2) is 9.97 Å². The maximum absolute atomic E-state index is 5.38. The van der Waals surface area contributed by atoms with Gasteiger partial charge < -0.3 is 15.4 Å². The predicted molar refractivity (Wildman–Crippen MR) is 64.9 cm³/mol. The summed E-state index contributed by atoms with van der Waals surface area (Å²) >= 11 is 0. The lowest BCUT2D eigenvalue weighted by Crippen LogP contribution is -2.35. The summed E-state index contributed by atoms with van der Waals surface area (Å²) in [5, 5.41) is 6.78. The molecule has 17 heavy (non-hydrogen) atoms. The first kappa shape index (κ1) is 10.9. The Balaban J connectivity index is 1.70. The lowest BCUT2D eigenvalue weighted by atomic mass is 10.1. The standard InChI is InChI=1S/C12H18N4O/c1-4-13-5-2-10(1)15-12-14-7-9-8-17-6-3-11(9)16-12/h7,10,13H,1-6,8H2,(H,14,15,16). The van der Waals surface area contributed by atoms with Crippen molar-refractivity contribution in [2.75, 3.05) is 25.0 Å². The molecule has 3 heterocycles. The van der Waals surface area contributed by atoms with Crippen LogP contribution in [0.4, 0.5) is 5.95 Å². The van der Waals surface area contributed by atoms with Crippen LogP contribution in [0.1, 0.15) is 24.1 Å². The van der Waals surface area contributed by atoms with Crippen molar-refractivity contribution in [2.45, 2.75) is 31.9 Å². The third-order valence-electron chi connectivity index (χ3n) is 3.37. The minimum Gasteiger partial charge on any atom is -0.376 e. The zero-order chi connectivity index (χ0) is 11.5. The van der Waals surface area contributed by atoms with Gasteiger partial charge in [-0.2, -0.15) is 0 Å². The molecule has 0 aromatic carbocycles. The van der Waals surface area contributed by atoms with Crippen LogP contribution in [0.25, 0.3) is 0 Å². The fourth-order valence-electron chi connectivity index (χ4n) is 2.35. The molecule has 0 aliphatic carbocycles. The van der Waals surface area contributed by atoms with Gasteiger partial charge in [-0.1, -0.05) is 0 Å². The molecule has 0 saturated carbocycles. The number of piperidine rings is 1. The number of anilines is 1. The quantitative estimate of drug-likeness (QED) is 0.789. The third kappa shape index (κ3) is 2.56. The van der Waals surface area contributed by atoms with Crippen LogP contribution in [0, 0.1) is 0 Å². The number of fused-ring (bicyclic) bond motifs is 1. The molecule has 0 radical (unpaired) electrons. The molecule has 1 fully saturated rings. The number of nitrogens with one attached hydrogen (secondary N) is 2. The van der Waals surface area contributed by atoms with Crippen molar-refractivity contribution in [1.82, 2.24) is 15.3 Å². The third-order valence-corrected chi connectivity index (χ3v) is 3.37. The van der Waals surface area contributed by atoms with Crippen LogP contribution in [0.15, 0.2) is 6.20 Å². The first-order chi connectivity index (χ1) is 8.42. The Morgan fingerprint density at radius 1 is 1.35 bits per heavy atom. The van der Waals surface area contributed by atoms with Gasteiger partial charge in [0.05, 0.1) is 18.9 Å². The summed E-state index contributed by atoms with van der Waals surface area (Å²) < 4.78 is 5.38. The Kier molecular flexibility index (Phi) is 3.20. The molecule has 1 aromatic rings. The van der Waals surface area contributed by atoms with Crippen molar-refractivity contribution >= 4 is 5.95 Å². The maximum atomic E-state index is 5.38. The molecule has 0 spiro atoms. The highest BCUT2D eigenvalue weighted by Crippen LogP contribution is 2.16. The van der Waals surface area contributed by atoms with Gasteiger partial charge in [0.25, 0.3) is 0 Å². The van der Waals surface area contributed by atoms with Crippen molar-refractivity contribution in [3.8, 4) is 0 Å². The summed E-state index contributed by atoms with van der Waals surface area (Å²) in [4.78, 5) is 8.95. The van der Waals surface area contributed by atoms with E-state index < -0.39 is 0 Å². The van der Waals surface area contributed by atoms with Gasteiger partial charge in [-0.15, -0.1) is 0 Å². The molecule has 1 aromatic heterocycles. The van der Waals surface area contributed by atoms with Crippen LogP contribution < -0.4 is 10.6 Å². The number of nitrogens with zero attached hydrogens (tertiary/aromatic N) is 2. The second-order valence-electron chi connectivity index (χ2n) is 4.64. The molecule has 0 atom stereocenters. The monoisotopic (exact) mass is 234 g/mol. The van der Waals surface area contributed by atoms with E-state index in [9.17, 15) is 0 Å². The highest BCUT2D eigenvalue weighted by atomic mass is 16.5. The molecule has 0 bridgehead atoms. The summed E-state index contributed by atoms with van der Waals surface area (Å²) in [6.45, 7) is 3.59. The van der Waals surface area contributed by atoms with Crippen molar-refractivity contribution in [3.05, 3.63) is 17.5 Å². The minimum atomic E-state index is 0.508. The van der Waals surface area contributed by atoms with Gasteiger partial charge in [0.2, 0.25) is 5.95 Å². The van der Waals surface area contributed by atoms with E-state index in [-0.39, 0.29) is 0 Å². The number of hydrogen-bond donors (Lipinski definition) is 2. The molecule has 2 aliphatic rings. The molecule has 3 rings (SSSR count). The molecule has 0 amide bonds. The summed E-state index contributed by atoms with van der Waals surface area (Å²) in [5.41, 5.74) is 2.27. The smallest absolute Gasteiger partial charge is 0.223 e. The van der Waals surface area contributed by atoms with Crippen LogP contribution in [0.3, 0.4) is 0 Å². The Bertz CT molecular complexity index is 390. The molecule has 5 nitrogen and oxygen atoms in total. The van der Waals surface area contributed by atoms with E-state index in [0.29, 0.717) is 12.6 Å². The van der Waals surface area contributed by atoms with Gasteiger partial charge >= 0.3 is 0 Å².